The molecular formula is C6H8N2O4S. The molecule has 13 heavy (non-hydrogen) atoms. The topological polar surface area (TPSA) is 92.7 Å². The lowest BCUT2D eigenvalue weighted by molar-refractivity contribution is -0.108. The third-order valence-corrected chi connectivity index (χ3v) is 2.23. The van der Waals surface area contributed by atoms with E-state index in [9.17, 15) is 18.0 Å². The van der Waals surface area contributed by atoms with Crippen molar-refractivity contribution in [3.8, 4) is 0 Å². The summed E-state index contributed by atoms with van der Waals surface area (Å²) in [5.41, 5.74) is 0. The Morgan fingerprint density at radius 2 is 2.23 bits per heavy atom. The summed E-state index contributed by atoms with van der Waals surface area (Å²) in [5, 5.41) is -0.503. The van der Waals surface area contributed by atoms with Crippen LogP contribution in [-0.2, 0) is 19.6 Å². The van der Waals surface area contributed by atoms with Crippen LogP contribution in [0.25, 0.3) is 0 Å². The van der Waals surface area contributed by atoms with Gasteiger partial charge in [-0.2, -0.15) is 13.4 Å². The predicted octanol–water partition coefficient (Wildman–Crippen LogP) is -0.351. The lowest BCUT2D eigenvalue weighted by atomic mass is 10.5. The third-order valence-electron chi connectivity index (χ3n) is 1.01. The fourth-order valence-corrected chi connectivity index (χ4v) is 1.35. The maximum absolute atomic E-state index is 11.0. The molecule has 0 atom stereocenters. The Labute approximate surface area is 75.4 Å². The van der Waals surface area contributed by atoms with Gasteiger partial charge in [0.15, 0.2) is 5.03 Å². The van der Waals surface area contributed by atoms with Crippen molar-refractivity contribution in [2.45, 2.75) is 13.3 Å². The molecule has 0 aromatic rings. The number of allylic oxidation sites excluding steroid dienone is 1. The van der Waals surface area contributed by atoms with Gasteiger partial charge < -0.3 is 0 Å². The van der Waals surface area contributed by atoms with Crippen molar-refractivity contribution in [2.24, 2.45) is 4.99 Å². The average Bonchev–Trinajstić information content (AvgIpc) is 2.04. The van der Waals surface area contributed by atoms with Crippen LogP contribution in [0.1, 0.15) is 13.3 Å². The fourth-order valence-electron chi connectivity index (χ4n) is 0.559. The van der Waals surface area contributed by atoms with E-state index >= 15 is 0 Å². The van der Waals surface area contributed by atoms with Crippen LogP contribution >= 0.6 is 0 Å². The first kappa shape index (κ1) is 11.5. The summed E-state index contributed by atoms with van der Waals surface area (Å²) in [7, 11) is -3.98. The Bertz CT molecular complexity index is 351. The molecule has 0 aliphatic rings. The minimum absolute atomic E-state index is 0.000837. The van der Waals surface area contributed by atoms with Gasteiger partial charge in [-0.05, 0) is 12.5 Å². The van der Waals surface area contributed by atoms with E-state index in [1.165, 1.54) is 6.08 Å². The van der Waals surface area contributed by atoms with Gasteiger partial charge in [-0.1, -0.05) is 6.92 Å². The molecule has 1 N–H and O–H groups in total. The van der Waals surface area contributed by atoms with Gasteiger partial charge in [0.25, 0.3) is 10.0 Å². The highest BCUT2D eigenvalue weighted by atomic mass is 32.2. The van der Waals surface area contributed by atoms with Gasteiger partial charge in [0.1, 0.15) is 0 Å². The van der Waals surface area contributed by atoms with Gasteiger partial charge in [-0.3, -0.25) is 9.52 Å². The van der Waals surface area contributed by atoms with Crippen LogP contribution in [0.15, 0.2) is 16.1 Å². The first-order chi connectivity index (χ1) is 6.08. The molecule has 6 nitrogen and oxygen atoms in total. The lowest BCUT2D eigenvalue weighted by Crippen LogP contribution is -2.22. The molecule has 0 saturated heterocycles. The fraction of sp³-hybridized carbons (Fsp3) is 0.333. The zero-order valence-corrected chi connectivity index (χ0v) is 7.67. The summed E-state index contributed by atoms with van der Waals surface area (Å²) in [4.78, 5) is 22.7. The van der Waals surface area contributed by atoms with Crippen molar-refractivity contribution in [1.29, 1.82) is 0 Å². The van der Waals surface area contributed by atoms with Crippen molar-refractivity contribution in [3.63, 3.8) is 0 Å². The number of nitrogens with zero attached hydrogens (tertiary/aromatic N) is 1. The standard InChI is InChI=1S/C6H8N2O4S/c1-2-3-6(7-4-9)13(11,12)8-5-10/h3,5H,2H2,1H3,(H,8,10). The summed E-state index contributed by atoms with van der Waals surface area (Å²) in [6.07, 6.45) is 2.65. The highest BCUT2D eigenvalue weighted by molar-refractivity contribution is 7.93. The van der Waals surface area contributed by atoms with Crippen LogP contribution < -0.4 is 4.72 Å². The minimum atomic E-state index is -3.98. The zero-order valence-electron chi connectivity index (χ0n) is 6.85. The largest absolute Gasteiger partial charge is 0.281 e. The number of hydrogen-bond donors (Lipinski definition) is 1. The Morgan fingerprint density at radius 1 is 1.62 bits per heavy atom. The molecule has 1 amide bonds. The molecule has 0 spiro atoms. The van der Waals surface area contributed by atoms with Crippen molar-refractivity contribution in [1.82, 2.24) is 4.72 Å². The summed E-state index contributed by atoms with van der Waals surface area (Å²) >= 11 is 0. The van der Waals surface area contributed by atoms with Crippen molar-refractivity contribution in [3.05, 3.63) is 11.1 Å². The second kappa shape index (κ2) is 5.23. The van der Waals surface area contributed by atoms with E-state index < -0.39 is 15.1 Å². The molecule has 0 unspecified atom stereocenters. The molecule has 0 saturated carbocycles. The van der Waals surface area contributed by atoms with Crippen LogP contribution in [0, 0.1) is 0 Å². The molecule has 7 heteroatoms. The number of rotatable bonds is 5. The first-order valence-electron chi connectivity index (χ1n) is 3.32. The summed E-state index contributed by atoms with van der Waals surface area (Å²) in [6.45, 7) is 1.66. The van der Waals surface area contributed by atoms with Gasteiger partial charge in [-0.25, -0.2) is 4.79 Å². The lowest BCUT2D eigenvalue weighted by Gasteiger charge is -1.98. The van der Waals surface area contributed by atoms with E-state index in [-0.39, 0.29) is 6.41 Å². The van der Waals surface area contributed by atoms with Crippen LogP contribution in [0.2, 0.25) is 0 Å². The van der Waals surface area contributed by atoms with Gasteiger partial charge in [0.2, 0.25) is 12.5 Å². The Balaban J connectivity index is 5.06. The van der Waals surface area contributed by atoms with E-state index in [0.29, 0.717) is 6.42 Å². The number of aliphatic imine (C=N–C) groups is 1. The van der Waals surface area contributed by atoms with Crippen molar-refractivity contribution in [2.75, 3.05) is 0 Å². The molecule has 0 rings (SSSR count). The van der Waals surface area contributed by atoms with Gasteiger partial charge in [-0.15, -0.1) is 0 Å². The molecule has 0 bridgehead atoms. The Kier molecular flexibility index (Phi) is 4.64. The average molecular weight is 204 g/mol. The maximum Gasteiger partial charge on any atom is 0.281 e. The Hall–Kier alpha value is -1.46. The number of amides is 1. The number of isocyanates is 1. The molecule has 0 aliphatic carbocycles. The molecule has 0 fully saturated rings. The normalized spacial score (nSPS) is 11.6. The summed E-state index contributed by atoms with van der Waals surface area (Å²) < 4.78 is 23.6. The number of nitrogens with one attached hydrogen (secondary N) is 1. The highest BCUT2D eigenvalue weighted by Crippen LogP contribution is 2.05. The van der Waals surface area contributed by atoms with Crippen LogP contribution in [0.3, 0.4) is 0 Å². The number of carbonyl (C=O) groups excluding carboxylic acids is 2. The number of sulfonamides is 1. The molecule has 0 radical (unpaired) electrons. The van der Waals surface area contributed by atoms with E-state index in [4.69, 9.17) is 0 Å². The second-order valence-corrected chi connectivity index (χ2v) is 3.55. The molecular weight excluding hydrogens is 196 g/mol. The molecule has 0 aliphatic heterocycles. The van der Waals surface area contributed by atoms with Gasteiger partial charge in [0, 0.05) is 0 Å². The van der Waals surface area contributed by atoms with Crippen molar-refractivity contribution < 1.29 is 18.0 Å². The van der Waals surface area contributed by atoms with Gasteiger partial charge >= 0.3 is 0 Å². The maximum atomic E-state index is 11.0. The minimum Gasteiger partial charge on any atom is -0.278 e. The van der Waals surface area contributed by atoms with Crippen LogP contribution in [-0.4, -0.2) is 20.9 Å². The van der Waals surface area contributed by atoms with E-state index in [1.54, 1.807) is 11.6 Å². The monoisotopic (exact) mass is 204 g/mol. The molecule has 0 aromatic carbocycles. The molecule has 0 heterocycles. The molecule has 72 valence electrons. The SMILES string of the molecule is CCC=C(N=C=O)S(=O)(=O)NC=O. The van der Waals surface area contributed by atoms with Crippen molar-refractivity contribution >= 4 is 22.5 Å². The predicted molar refractivity (Wildman–Crippen MR) is 44.6 cm³/mol. The highest BCUT2D eigenvalue weighted by Gasteiger charge is 2.14. The zero-order chi connectivity index (χ0) is 10.3. The van der Waals surface area contributed by atoms with E-state index in [2.05, 4.69) is 4.99 Å². The molecule has 0 aromatic heterocycles. The number of hydrogen-bond acceptors (Lipinski definition) is 5. The summed E-state index contributed by atoms with van der Waals surface area (Å²) in [6, 6.07) is 0. The van der Waals surface area contributed by atoms with E-state index in [0.717, 1.165) is 6.08 Å². The van der Waals surface area contributed by atoms with Gasteiger partial charge in [0.05, 0.1) is 0 Å². The number of carbonyl (C=O) groups is 1. The smallest absolute Gasteiger partial charge is 0.278 e. The van der Waals surface area contributed by atoms with Crippen LogP contribution in [0.4, 0.5) is 0 Å². The Morgan fingerprint density at radius 3 is 2.62 bits per heavy atom. The van der Waals surface area contributed by atoms with E-state index in [1.807, 2.05) is 0 Å². The van der Waals surface area contributed by atoms with Crippen LogP contribution in [0.5, 0.6) is 0 Å². The quantitative estimate of drug-likeness (QED) is 0.376. The summed E-state index contributed by atoms with van der Waals surface area (Å²) in [5.74, 6) is 0. The third kappa shape index (κ3) is 3.64. The first-order valence-corrected chi connectivity index (χ1v) is 4.80. The second-order valence-electron chi connectivity index (χ2n) is 1.89.